The molecule has 3 N–H and O–H groups in total. The number of aliphatic hydroxyl groups excluding tert-OH is 2. The summed E-state index contributed by atoms with van der Waals surface area (Å²) in [7, 11) is 0. The summed E-state index contributed by atoms with van der Waals surface area (Å²) in [5, 5.41) is 18.8. The van der Waals surface area contributed by atoms with Gasteiger partial charge in [0.15, 0.2) is 12.4 Å². The van der Waals surface area contributed by atoms with Gasteiger partial charge in [-0.25, -0.2) is 9.18 Å². The summed E-state index contributed by atoms with van der Waals surface area (Å²) < 4.78 is 20.3. The zero-order valence-electron chi connectivity index (χ0n) is 15.5. The molecular formula is C19H27FN2O5. The smallest absolute Gasteiger partial charge is 0.330 e. The summed E-state index contributed by atoms with van der Waals surface area (Å²) >= 11 is 0. The number of rotatable bonds is 8. The molecule has 1 aromatic rings. The van der Waals surface area contributed by atoms with Gasteiger partial charge in [-0.1, -0.05) is 50.9 Å². The first-order valence-corrected chi connectivity index (χ1v) is 9.42. The van der Waals surface area contributed by atoms with Crippen LogP contribution in [0.2, 0.25) is 0 Å². The van der Waals surface area contributed by atoms with Gasteiger partial charge >= 0.3 is 5.69 Å². The molecule has 0 aromatic carbocycles. The first kappa shape index (κ1) is 21.4. The second-order valence-corrected chi connectivity index (χ2v) is 6.71. The lowest BCUT2D eigenvalue weighted by Gasteiger charge is -2.15. The second-order valence-electron chi connectivity index (χ2n) is 6.71. The highest BCUT2D eigenvalue weighted by atomic mass is 19.1. The van der Waals surface area contributed by atoms with Crippen LogP contribution < -0.4 is 11.2 Å². The molecule has 0 saturated carbocycles. The van der Waals surface area contributed by atoms with Crippen LogP contribution in [0.1, 0.15) is 63.7 Å². The number of ether oxygens (including phenoxy) is 1. The predicted molar refractivity (Wildman–Crippen MR) is 98.1 cm³/mol. The highest BCUT2D eigenvalue weighted by Gasteiger charge is 2.45. The summed E-state index contributed by atoms with van der Waals surface area (Å²) in [5.74, 6) is 5.62. The van der Waals surface area contributed by atoms with Gasteiger partial charge < -0.3 is 14.9 Å². The maximum Gasteiger partial charge on any atom is 0.330 e. The molecule has 0 spiro atoms. The van der Waals surface area contributed by atoms with Crippen molar-refractivity contribution in [2.75, 3.05) is 6.61 Å². The van der Waals surface area contributed by atoms with Crippen molar-refractivity contribution in [1.82, 2.24) is 9.55 Å². The Morgan fingerprint density at radius 1 is 1.26 bits per heavy atom. The van der Waals surface area contributed by atoms with Crippen molar-refractivity contribution in [2.24, 2.45) is 0 Å². The summed E-state index contributed by atoms with van der Waals surface area (Å²) in [6.45, 7) is 1.58. The van der Waals surface area contributed by atoms with Gasteiger partial charge in [0.05, 0.1) is 6.61 Å². The van der Waals surface area contributed by atoms with Gasteiger partial charge in [0.2, 0.25) is 0 Å². The van der Waals surface area contributed by atoms with Crippen LogP contribution >= 0.6 is 0 Å². The molecule has 150 valence electrons. The van der Waals surface area contributed by atoms with Gasteiger partial charge in [-0.05, 0) is 6.42 Å². The number of H-pyrrole nitrogens is 1. The highest BCUT2D eigenvalue weighted by molar-refractivity contribution is 5.29. The largest absolute Gasteiger partial charge is 0.394 e. The molecular weight excluding hydrogens is 355 g/mol. The predicted octanol–water partition coefficient (Wildman–Crippen LogP) is 1.23. The topological polar surface area (TPSA) is 105 Å². The van der Waals surface area contributed by atoms with Crippen molar-refractivity contribution in [3.8, 4) is 11.8 Å². The summed E-state index contributed by atoms with van der Waals surface area (Å²) in [6.07, 6.45) is 2.53. The fourth-order valence-corrected chi connectivity index (χ4v) is 2.99. The number of hydrogen-bond acceptors (Lipinski definition) is 5. The minimum Gasteiger partial charge on any atom is -0.394 e. The lowest BCUT2D eigenvalue weighted by molar-refractivity contribution is -0.0491. The van der Waals surface area contributed by atoms with Crippen LogP contribution in [0.3, 0.4) is 0 Å². The van der Waals surface area contributed by atoms with E-state index in [1.54, 1.807) is 0 Å². The van der Waals surface area contributed by atoms with Crippen molar-refractivity contribution in [2.45, 2.75) is 76.5 Å². The first-order chi connectivity index (χ1) is 13.0. The first-order valence-electron chi connectivity index (χ1n) is 9.42. The van der Waals surface area contributed by atoms with Crippen LogP contribution in [-0.4, -0.2) is 44.8 Å². The van der Waals surface area contributed by atoms with Crippen LogP contribution in [0, 0.1) is 11.8 Å². The summed E-state index contributed by atoms with van der Waals surface area (Å²) in [4.78, 5) is 26.0. The van der Waals surface area contributed by atoms with E-state index in [2.05, 4.69) is 23.7 Å². The normalized spacial score (nSPS) is 24.6. The molecule has 4 atom stereocenters. The SMILES string of the molecule is CCCCCCCCC#Cc1cn([C@@H]2O[C@H](CO)[C@@H](O)[C@H]2F)c(=O)[nH]c1=O. The number of nitrogens with zero attached hydrogens (tertiary/aromatic N) is 1. The summed E-state index contributed by atoms with van der Waals surface area (Å²) in [6, 6.07) is 0. The molecule has 1 saturated heterocycles. The number of aliphatic hydroxyl groups is 2. The van der Waals surface area contributed by atoms with Gasteiger partial charge in [-0.3, -0.25) is 14.3 Å². The number of unbranched alkanes of at least 4 members (excludes halogenated alkanes) is 6. The Kier molecular flexibility index (Phi) is 8.23. The molecule has 7 nitrogen and oxygen atoms in total. The second kappa shape index (κ2) is 10.4. The van der Waals surface area contributed by atoms with E-state index in [1.165, 1.54) is 19.3 Å². The monoisotopic (exact) mass is 382 g/mol. The fourth-order valence-electron chi connectivity index (χ4n) is 2.99. The third kappa shape index (κ3) is 5.51. The lowest BCUT2D eigenvalue weighted by atomic mass is 10.1. The third-order valence-corrected chi connectivity index (χ3v) is 4.59. The zero-order chi connectivity index (χ0) is 19.8. The molecule has 2 rings (SSSR count). The Balaban J connectivity index is 2.06. The number of halogens is 1. The Morgan fingerprint density at radius 2 is 1.96 bits per heavy atom. The molecule has 0 bridgehead atoms. The lowest BCUT2D eigenvalue weighted by Crippen LogP contribution is -2.37. The van der Waals surface area contributed by atoms with Crippen LogP contribution in [0.4, 0.5) is 4.39 Å². The average molecular weight is 382 g/mol. The number of hydrogen-bond donors (Lipinski definition) is 3. The van der Waals surface area contributed by atoms with E-state index in [9.17, 15) is 19.1 Å². The van der Waals surface area contributed by atoms with Gasteiger partial charge in [0.25, 0.3) is 5.56 Å². The Labute approximate surface area is 157 Å². The van der Waals surface area contributed by atoms with Crippen LogP contribution in [0.5, 0.6) is 0 Å². The third-order valence-electron chi connectivity index (χ3n) is 4.59. The maximum atomic E-state index is 14.2. The van der Waals surface area contributed by atoms with E-state index in [1.807, 2.05) is 0 Å². The average Bonchev–Trinajstić information content (AvgIpc) is 2.93. The van der Waals surface area contributed by atoms with E-state index in [4.69, 9.17) is 9.84 Å². The van der Waals surface area contributed by atoms with Crippen molar-refractivity contribution >= 4 is 0 Å². The maximum absolute atomic E-state index is 14.2. The van der Waals surface area contributed by atoms with Gasteiger partial charge in [-0.15, -0.1) is 0 Å². The van der Waals surface area contributed by atoms with Crippen molar-refractivity contribution in [3.05, 3.63) is 32.6 Å². The molecule has 27 heavy (non-hydrogen) atoms. The van der Waals surface area contributed by atoms with Crippen LogP contribution in [-0.2, 0) is 4.74 Å². The molecule has 1 fully saturated rings. The van der Waals surface area contributed by atoms with E-state index in [0.717, 1.165) is 30.0 Å². The molecule has 1 aliphatic rings. The van der Waals surface area contributed by atoms with E-state index < -0.39 is 42.5 Å². The van der Waals surface area contributed by atoms with Gasteiger partial charge in [0, 0.05) is 12.6 Å². The molecule has 0 aliphatic carbocycles. The molecule has 1 aliphatic heterocycles. The Bertz CT molecular complexity index is 779. The van der Waals surface area contributed by atoms with Crippen molar-refractivity contribution in [3.63, 3.8) is 0 Å². The van der Waals surface area contributed by atoms with Crippen LogP contribution in [0.25, 0.3) is 0 Å². The minimum atomic E-state index is -1.91. The summed E-state index contributed by atoms with van der Waals surface area (Å²) in [5.41, 5.74) is -1.49. The Morgan fingerprint density at radius 3 is 2.63 bits per heavy atom. The fraction of sp³-hybridized carbons (Fsp3) is 0.684. The van der Waals surface area contributed by atoms with Crippen LogP contribution in [0.15, 0.2) is 15.8 Å². The number of aromatic amines is 1. The van der Waals surface area contributed by atoms with E-state index in [-0.39, 0.29) is 5.56 Å². The number of alkyl halides is 1. The van der Waals surface area contributed by atoms with Crippen molar-refractivity contribution in [1.29, 1.82) is 0 Å². The van der Waals surface area contributed by atoms with Gasteiger partial charge in [-0.2, -0.15) is 0 Å². The van der Waals surface area contributed by atoms with Gasteiger partial charge in [0.1, 0.15) is 17.8 Å². The quantitative estimate of drug-likeness (QED) is 0.463. The molecule has 0 unspecified atom stereocenters. The van der Waals surface area contributed by atoms with Crippen molar-refractivity contribution < 1.29 is 19.3 Å². The standard InChI is InChI=1S/C19H27FN2O5/c1-2-3-4-5-6-7-8-9-10-13-11-22(19(26)21-17(13)25)18-15(20)16(24)14(12-23)27-18/h11,14-16,18,23-24H,2-8,12H2,1H3,(H,21,25,26)/t14-,15-,16-,18-/m1/s1. The zero-order valence-corrected chi connectivity index (χ0v) is 15.5. The minimum absolute atomic E-state index is 0.0262. The Hall–Kier alpha value is -1.95. The number of aromatic nitrogens is 2. The molecule has 8 heteroatoms. The highest BCUT2D eigenvalue weighted by Crippen LogP contribution is 2.30. The van der Waals surface area contributed by atoms with E-state index in [0.29, 0.717) is 6.42 Å². The molecule has 2 heterocycles. The molecule has 0 radical (unpaired) electrons. The molecule has 1 aromatic heterocycles. The number of nitrogens with one attached hydrogen (secondary N) is 1. The van der Waals surface area contributed by atoms with E-state index >= 15 is 0 Å². The molecule has 0 amide bonds.